The molecular formula is C19H28N2O4S. The first kappa shape index (κ1) is 19.3. The Bertz CT molecular complexity index is 631. The van der Waals surface area contributed by atoms with E-state index in [2.05, 4.69) is 10.3 Å². The van der Waals surface area contributed by atoms with Crippen molar-refractivity contribution in [1.82, 2.24) is 10.3 Å². The quantitative estimate of drug-likeness (QED) is 0.794. The zero-order chi connectivity index (χ0) is 18.5. The van der Waals surface area contributed by atoms with Crippen LogP contribution in [0.3, 0.4) is 0 Å². The second-order valence-electron chi connectivity index (χ2n) is 7.15. The summed E-state index contributed by atoms with van der Waals surface area (Å²) in [6.45, 7) is 5.67. The normalized spacial score (nSPS) is 26.3. The van der Waals surface area contributed by atoms with Crippen LogP contribution in [0.5, 0.6) is 0 Å². The van der Waals surface area contributed by atoms with Gasteiger partial charge in [0, 0.05) is 18.6 Å². The number of hydrogen-bond acceptors (Lipinski definition) is 6. The molecule has 7 heteroatoms. The number of ether oxygens (including phenoxy) is 2. The standard InChI is InChI=1S/C19H28N2O4S/c1-3-25-19(23)13-6-8-15(9-7-13)21-17(22)16-12(2)20-18(26-16)14-5-4-10-24-11-14/h13-15H,3-11H2,1-2H3,(H,21,22). The van der Waals surface area contributed by atoms with Crippen molar-refractivity contribution in [2.45, 2.75) is 64.3 Å². The van der Waals surface area contributed by atoms with Crippen molar-refractivity contribution in [3.05, 3.63) is 15.6 Å². The number of nitrogens with zero attached hydrogens (tertiary/aromatic N) is 1. The summed E-state index contributed by atoms with van der Waals surface area (Å²) < 4.78 is 10.6. The van der Waals surface area contributed by atoms with E-state index >= 15 is 0 Å². The lowest BCUT2D eigenvalue weighted by molar-refractivity contribution is -0.149. The van der Waals surface area contributed by atoms with Gasteiger partial charge in [-0.3, -0.25) is 9.59 Å². The predicted octanol–water partition coefficient (Wildman–Crippen LogP) is 3.20. The van der Waals surface area contributed by atoms with Gasteiger partial charge < -0.3 is 14.8 Å². The number of aromatic nitrogens is 1. The van der Waals surface area contributed by atoms with Gasteiger partial charge in [-0.1, -0.05) is 0 Å². The summed E-state index contributed by atoms with van der Waals surface area (Å²) in [6.07, 6.45) is 5.30. The largest absolute Gasteiger partial charge is 0.466 e. The van der Waals surface area contributed by atoms with Gasteiger partial charge in [-0.05, 0) is 52.4 Å². The number of aryl methyl sites for hydroxylation is 1. The molecule has 2 aliphatic rings. The van der Waals surface area contributed by atoms with E-state index in [-0.39, 0.29) is 23.8 Å². The molecule has 1 unspecified atom stereocenters. The van der Waals surface area contributed by atoms with E-state index < -0.39 is 0 Å². The Morgan fingerprint density at radius 1 is 1.27 bits per heavy atom. The van der Waals surface area contributed by atoms with Crippen LogP contribution in [0.15, 0.2) is 0 Å². The van der Waals surface area contributed by atoms with Crippen molar-refractivity contribution in [1.29, 1.82) is 0 Å². The molecule has 1 saturated carbocycles. The van der Waals surface area contributed by atoms with Crippen LogP contribution in [0.4, 0.5) is 0 Å². The second-order valence-corrected chi connectivity index (χ2v) is 8.19. The maximum atomic E-state index is 12.7. The molecule has 0 spiro atoms. The molecule has 1 atom stereocenters. The van der Waals surface area contributed by atoms with E-state index in [0.29, 0.717) is 24.0 Å². The lowest BCUT2D eigenvalue weighted by atomic mass is 9.86. The number of carbonyl (C=O) groups is 2. The maximum absolute atomic E-state index is 12.7. The molecule has 1 aromatic heterocycles. The monoisotopic (exact) mass is 380 g/mol. The third-order valence-corrected chi connectivity index (χ3v) is 6.53. The first-order valence-corrected chi connectivity index (χ1v) is 10.4. The smallest absolute Gasteiger partial charge is 0.308 e. The van der Waals surface area contributed by atoms with Crippen molar-refractivity contribution in [3.8, 4) is 0 Å². The van der Waals surface area contributed by atoms with Gasteiger partial charge >= 0.3 is 5.97 Å². The highest BCUT2D eigenvalue weighted by Gasteiger charge is 2.29. The average Bonchev–Trinajstić information content (AvgIpc) is 3.05. The van der Waals surface area contributed by atoms with Crippen molar-refractivity contribution < 1.29 is 19.1 Å². The summed E-state index contributed by atoms with van der Waals surface area (Å²) in [5.41, 5.74) is 0.799. The van der Waals surface area contributed by atoms with Gasteiger partial charge in [-0.25, -0.2) is 4.98 Å². The van der Waals surface area contributed by atoms with Crippen LogP contribution in [-0.2, 0) is 14.3 Å². The number of hydrogen-bond donors (Lipinski definition) is 1. The highest BCUT2D eigenvalue weighted by atomic mass is 32.1. The molecule has 1 amide bonds. The number of esters is 1. The highest BCUT2D eigenvalue weighted by molar-refractivity contribution is 7.13. The zero-order valence-corrected chi connectivity index (χ0v) is 16.4. The Morgan fingerprint density at radius 3 is 2.69 bits per heavy atom. The summed E-state index contributed by atoms with van der Waals surface area (Å²) in [5.74, 6) is 0.151. The van der Waals surface area contributed by atoms with Crippen LogP contribution in [-0.4, -0.2) is 42.7 Å². The Labute approximate surface area is 158 Å². The van der Waals surface area contributed by atoms with Crippen LogP contribution in [0.1, 0.15) is 71.7 Å². The van der Waals surface area contributed by atoms with Gasteiger partial charge in [-0.15, -0.1) is 11.3 Å². The molecule has 0 aromatic carbocycles. The number of rotatable bonds is 5. The molecule has 1 saturated heterocycles. The first-order chi connectivity index (χ1) is 12.6. The van der Waals surface area contributed by atoms with Crippen LogP contribution < -0.4 is 5.32 Å². The predicted molar refractivity (Wildman–Crippen MR) is 99.5 cm³/mol. The Hall–Kier alpha value is -1.47. The van der Waals surface area contributed by atoms with E-state index in [1.807, 2.05) is 13.8 Å². The molecule has 2 heterocycles. The fourth-order valence-electron chi connectivity index (χ4n) is 3.72. The number of nitrogens with one attached hydrogen (secondary N) is 1. The topological polar surface area (TPSA) is 77.5 Å². The van der Waals surface area contributed by atoms with Crippen LogP contribution in [0.2, 0.25) is 0 Å². The SMILES string of the molecule is CCOC(=O)C1CCC(NC(=O)c2sc(C3CCCOC3)nc2C)CC1. The van der Waals surface area contributed by atoms with Crippen LogP contribution in [0, 0.1) is 12.8 Å². The number of amides is 1. The summed E-state index contributed by atoms with van der Waals surface area (Å²) in [5, 5.41) is 4.14. The molecule has 26 heavy (non-hydrogen) atoms. The van der Waals surface area contributed by atoms with Crippen LogP contribution >= 0.6 is 11.3 Å². The van der Waals surface area contributed by atoms with E-state index in [4.69, 9.17) is 9.47 Å². The number of carbonyl (C=O) groups excluding carboxylic acids is 2. The Balaban J connectivity index is 1.54. The third kappa shape index (κ3) is 4.62. The van der Waals surface area contributed by atoms with E-state index in [1.165, 1.54) is 11.3 Å². The van der Waals surface area contributed by atoms with Crippen LogP contribution in [0.25, 0.3) is 0 Å². The van der Waals surface area contributed by atoms with E-state index in [9.17, 15) is 9.59 Å². The fraction of sp³-hybridized carbons (Fsp3) is 0.737. The van der Waals surface area contributed by atoms with Gasteiger partial charge in [0.05, 0.1) is 29.8 Å². The highest BCUT2D eigenvalue weighted by Crippen LogP contribution is 2.31. The van der Waals surface area contributed by atoms with Crippen molar-refractivity contribution >= 4 is 23.2 Å². The van der Waals surface area contributed by atoms with E-state index in [1.54, 1.807) is 0 Å². The number of thiazole rings is 1. The summed E-state index contributed by atoms with van der Waals surface area (Å²) in [6, 6.07) is 0.121. The zero-order valence-electron chi connectivity index (χ0n) is 15.6. The second kappa shape index (κ2) is 8.95. The Morgan fingerprint density at radius 2 is 2.04 bits per heavy atom. The van der Waals surface area contributed by atoms with Crippen molar-refractivity contribution in [3.63, 3.8) is 0 Å². The molecule has 1 aliphatic heterocycles. The molecule has 1 aliphatic carbocycles. The molecule has 0 bridgehead atoms. The first-order valence-electron chi connectivity index (χ1n) is 9.61. The Kier molecular flexibility index (Phi) is 6.64. The average molecular weight is 381 g/mol. The summed E-state index contributed by atoms with van der Waals surface area (Å²) in [7, 11) is 0. The summed E-state index contributed by atoms with van der Waals surface area (Å²) >= 11 is 1.50. The lowest BCUT2D eigenvalue weighted by Crippen LogP contribution is -2.39. The maximum Gasteiger partial charge on any atom is 0.308 e. The minimum Gasteiger partial charge on any atom is -0.466 e. The van der Waals surface area contributed by atoms with Gasteiger partial charge in [-0.2, -0.15) is 0 Å². The molecule has 1 aromatic rings. The third-order valence-electron chi connectivity index (χ3n) is 5.21. The summed E-state index contributed by atoms with van der Waals surface area (Å²) in [4.78, 5) is 29.8. The molecule has 6 nitrogen and oxygen atoms in total. The fourth-order valence-corrected chi connectivity index (χ4v) is 4.81. The minimum atomic E-state index is -0.102. The lowest BCUT2D eigenvalue weighted by Gasteiger charge is -2.27. The van der Waals surface area contributed by atoms with Gasteiger partial charge in [0.25, 0.3) is 5.91 Å². The molecule has 1 N–H and O–H groups in total. The van der Waals surface area contributed by atoms with Gasteiger partial charge in [0.15, 0.2) is 0 Å². The van der Waals surface area contributed by atoms with Gasteiger partial charge in [0.2, 0.25) is 0 Å². The molecular weight excluding hydrogens is 352 g/mol. The van der Waals surface area contributed by atoms with Gasteiger partial charge in [0.1, 0.15) is 4.88 Å². The molecule has 3 rings (SSSR count). The molecule has 2 fully saturated rings. The molecule has 0 radical (unpaired) electrons. The van der Waals surface area contributed by atoms with Crippen molar-refractivity contribution in [2.75, 3.05) is 19.8 Å². The van der Waals surface area contributed by atoms with E-state index in [0.717, 1.165) is 55.8 Å². The minimum absolute atomic E-state index is 0.0221. The van der Waals surface area contributed by atoms with Crippen molar-refractivity contribution in [2.24, 2.45) is 5.92 Å². The molecule has 144 valence electrons.